The van der Waals surface area contributed by atoms with Crippen LogP contribution in [0.1, 0.15) is 18.4 Å². The van der Waals surface area contributed by atoms with Crippen molar-refractivity contribution in [2.45, 2.75) is 12.8 Å². The van der Waals surface area contributed by atoms with Crippen LogP contribution in [-0.2, 0) is 0 Å². The number of benzene rings is 2. The van der Waals surface area contributed by atoms with Gasteiger partial charge in [-0.2, -0.15) is 0 Å². The molecule has 1 nitrogen and oxygen atoms in total. The van der Waals surface area contributed by atoms with Gasteiger partial charge in [0.05, 0.1) is 11.4 Å². The smallest absolute Gasteiger partial charge is 0.0634 e. The van der Waals surface area contributed by atoms with Crippen molar-refractivity contribution in [3.63, 3.8) is 0 Å². The second kappa shape index (κ2) is 5.22. The zero-order valence-electron chi connectivity index (χ0n) is 10.0. The molecule has 18 heavy (non-hydrogen) atoms. The SMILES string of the molecule is Ic1ccc(N=C(c2ccccc2)C2CC2)cc1. The molecule has 0 aromatic heterocycles. The molecule has 2 aromatic carbocycles. The van der Waals surface area contributed by atoms with E-state index in [9.17, 15) is 0 Å². The average Bonchev–Trinajstić information content (AvgIpc) is 3.23. The summed E-state index contributed by atoms with van der Waals surface area (Å²) >= 11 is 2.32. The summed E-state index contributed by atoms with van der Waals surface area (Å²) in [5.74, 6) is 0.659. The largest absolute Gasteiger partial charge is 0.253 e. The maximum absolute atomic E-state index is 4.85. The third-order valence-electron chi connectivity index (χ3n) is 3.11. The van der Waals surface area contributed by atoms with Gasteiger partial charge in [-0.25, -0.2) is 0 Å². The highest BCUT2D eigenvalue weighted by Gasteiger charge is 2.28. The van der Waals surface area contributed by atoms with Crippen molar-refractivity contribution in [2.24, 2.45) is 10.9 Å². The van der Waals surface area contributed by atoms with Crippen molar-refractivity contribution >= 4 is 34.0 Å². The molecule has 1 aliphatic carbocycles. The Labute approximate surface area is 121 Å². The van der Waals surface area contributed by atoms with Crippen LogP contribution in [-0.4, -0.2) is 5.71 Å². The Morgan fingerprint density at radius 1 is 0.944 bits per heavy atom. The minimum Gasteiger partial charge on any atom is -0.253 e. The van der Waals surface area contributed by atoms with Crippen molar-refractivity contribution in [3.8, 4) is 0 Å². The summed E-state index contributed by atoms with van der Waals surface area (Å²) < 4.78 is 1.25. The predicted molar refractivity (Wildman–Crippen MR) is 84.5 cm³/mol. The molecule has 0 unspecified atom stereocenters. The Balaban J connectivity index is 1.97. The molecule has 0 atom stereocenters. The fourth-order valence-corrected chi connectivity index (χ4v) is 2.37. The topological polar surface area (TPSA) is 12.4 Å². The quantitative estimate of drug-likeness (QED) is 0.558. The molecule has 1 aliphatic rings. The first-order valence-electron chi connectivity index (χ1n) is 6.22. The van der Waals surface area contributed by atoms with Crippen LogP contribution in [0.4, 0.5) is 5.69 Å². The third kappa shape index (κ3) is 2.80. The molecule has 0 saturated heterocycles. The van der Waals surface area contributed by atoms with Crippen LogP contribution in [0, 0.1) is 9.49 Å². The highest BCUT2D eigenvalue weighted by Crippen LogP contribution is 2.34. The molecule has 0 bridgehead atoms. The molecule has 0 heterocycles. The van der Waals surface area contributed by atoms with Gasteiger partial charge in [0, 0.05) is 9.49 Å². The molecule has 0 amide bonds. The summed E-state index contributed by atoms with van der Waals surface area (Å²) in [5, 5.41) is 0. The van der Waals surface area contributed by atoms with E-state index in [1.54, 1.807) is 0 Å². The second-order valence-electron chi connectivity index (χ2n) is 4.61. The highest BCUT2D eigenvalue weighted by molar-refractivity contribution is 14.1. The number of hydrogen-bond acceptors (Lipinski definition) is 1. The Morgan fingerprint density at radius 2 is 1.61 bits per heavy atom. The van der Waals surface area contributed by atoms with E-state index in [0.29, 0.717) is 5.92 Å². The van der Waals surface area contributed by atoms with E-state index < -0.39 is 0 Å². The van der Waals surface area contributed by atoms with Gasteiger partial charge in [-0.3, -0.25) is 4.99 Å². The first-order chi connectivity index (χ1) is 8.83. The molecule has 90 valence electrons. The van der Waals surface area contributed by atoms with Crippen LogP contribution < -0.4 is 0 Å². The van der Waals surface area contributed by atoms with Gasteiger partial charge in [-0.15, -0.1) is 0 Å². The number of halogens is 1. The lowest BCUT2D eigenvalue weighted by molar-refractivity contribution is 1.18. The summed E-state index contributed by atoms with van der Waals surface area (Å²) in [6.45, 7) is 0. The molecule has 0 spiro atoms. The zero-order chi connectivity index (χ0) is 12.4. The van der Waals surface area contributed by atoms with E-state index >= 15 is 0 Å². The van der Waals surface area contributed by atoms with Crippen molar-refractivity contribution in [1.29, 1.82) is 0 Å². The van der Waals surface area contributed by atoms with Gasteiger partial charge in [0.15, 0.2) is 0 Å². The normalized spacial score (nSPS) is 15.7. The average molecular weight is 347 g/mol. The Kier molecular flexibility index (Phi) is 3.46. The molecule has 1 fully saturated rings. The molecule has 2 aromatic rings. The van der Waals surface area contributed by atoms with Crippen LogP contribution in [0.5, 0.6) is 0 Å². The lowest BCUT2D eigenvalue weighted by Gasteiger charge is -2.05. The van der Waals surface area contributed by atoms with Crippen LogP contribution >= 0.6 is 22.6 Å². The molecular formula is C16H14IN. The second-order valence-corrected chi connectivity index (χ2v) is 5.86. The number of rotatable bonds is 3. The summed E-state index contributed by atoms with van der Waals surface area (Å²) in [6.07, 6.45) is 2.55. The van der Waals surface area contributed by atoms with Crippen molar-refractivity contribution in [3.05, 3.63) is 63.7 Å². The van der Waals surface area contributed by atoms with Gasteiger partial charge in [0.2, 0.25) is 0 Å². The van der Waals surface area contributed by atoms with Crippen molar-refractivity contribution < 1.29 is 0 Å². The molecule has 1 saturated carbocycles. The van der Waals surface area contributed by atoms with Crippen LogP contribution in [0.25, 0.3) is 0 Å². The molecule has 0 aliphatic heterocycles. The van der Waals surface area contributed by atoms with Gasteiger partial charge in [-0.05, 0) is 65.3 Å². The summed E-state index contributed by atoms with van der Waals surface area (Å²) in [4.78, 5) is 4.85. The number of nitrogens with zero attached hydrogens (tertiary/aromatic N) is 1. The van der Waals surface area contributed by atoms with Crippen LogP contribution in [0.2, 0.25) is 0 Å². The van der Waals surface area contributed by atoms with Crippen molar-refractivity contribution in [2.75, 3.05) is 0 Å². The van der Waals surface area contributed by atoms with Gasteiger partial charge in [0.1, 0.15) is 0 Å². The molecule has 0 N–H and O–H groups in total. The van der Waals surface area contributed by atoms with E-state index in [1.165, 1.54) is 27.7 Å². The molecular weight excluding hydrogens is 333 g/mol. The minimum atomic E-state index is 0.659. The van der Waals surface area contributed by atoms with Gasteiger partial charge < -0.3 is 0 Å². The third-order valence-corrected chi connectivity index (χ3v) is 3.83. The van der Waals surface area contributed by atoms with Crippen LogP contribution in [0.3, 0.4) is 0 Å². The summed E-state index contributed by atoms with van der Waals surface area (Å²) in [6, 6.07) is 18.9. The molecule has 0 radical (unpaired) electrons. The minimum absolute atomic E-state index is 0.659. The van der Waals surface area contributed by atoms with E-state index in [0.717, 1.165) is 5.69 Å². The van der Waals surface area contributed by atoms with E-state index in [-0.39, 0.29) is 0 Å². The van der Waals surface area contributed by atoms with E-state index in [2.05, 4.69) is 77.2 Å². The van der Waals surface area contributed by atoms with Gasteiger partial charge in [0.25, 0.3) is 0 Å². The van der Waals surface area contributed by atoms with Gasteiger partial charge >= 0.3 is 0 Å². The summed E-state index contributed by atoms with van der Waals surface area (Å²) in [7, 11) is 0. The molecule has 2 heteroatoms. The first kappa shape index (κ1) is 11.9. The fourth-order valence-electron chi connectivity index (χ4n) is 2.01. The lowest BCUT2D eigenvalue weighted by atomic mass is 10.1. The number of aliphatic imine (C=N–C) groups is 1. The maximum atomic E-state index is 4.85. The Morgan fingerprint density at radius 3 is 2.22 bits per heavy atom. The zero-order valence-corrected chi connectivity index (χ0v) is 12.2. The molecule has 3 rings (SSSR count). The standard InChI is InChI=1S/C16H14IN/c17-14-8-10-15(11-9-14)18-16(13-6-7-13)12-4-2-1-3-5-12/h1-5,8-11,13H,6-7H2. The highest BCUT2D eigenvalue weighted by atomic mass is 127. The first-order valence-corrected chi connectivity index (χ1v) is 7.30. The van der Waals surface area contributed by atoms with E-state index in [4.69, 9.17) is 4.99 Å². The number of hydrogen-bond donors (Lipinski definition) is 0. The monoisotopic (exact) mass is 347 g/mol. The van der Waals surface area contributed by atoms with Gasteiger partial charge in [-0.1, -0.05) is 30.3 Å². The van der Waals surface area contributed by atoms with Crippen molar-refractivity contribution in [1.82, 2.24) is 0 Å². The Hall–Kier alpha value is -1.16. The lowest BCUT2D eigenvalue weighted by Crippen LogP contribution is -2.02. The maximum Gasteiger partial charge on any atom is 0.0634 e. The van der Waals surface area contributed by atoms with E-state index in [1.807, 2.05) is 0 Å². The Bertz CT molecular complexity index is 553. The summed E-state index contributed by atoms with van der Waals surface area (Å²) in [5.41, 5.74) is 3.57. The fraction of sp³-hybridized carbons (Fsp3) is 0.188. The predicted octanol–water partition coefficient (Wildman–Crippen LogP) is 4.82. The van der Waals surface area contributed by atoms with Crippen LogP contribution in [0.15, 0.2) is 59.6 Å².